The Morgan fingerprint density at radius 3 is 2.40 bits per heavy atom. The van der Waals surface area contributed by atoms with Crippen molar-refractivity contribution in [2.45, 2.75) is 77.7 Å². The Labute approximate surface area is 245 Å². The number of aliphatic hydroxyl groups excluding tert-OH is 3. The lowest BCUT2D eigenvalue weighted by Gasteiger charge is -2.47. The van der Waals surface area contributed by atoms with Crippen molar-refractivity contribution in [3.8, 4) is 11.3 Å². The fourth-order valence-corrected chi connectivity index (χ4v) is 7.22. The van der Waals surface area contributed by atoms with Crippen LogP contribution in [0.5, 0.6) is 0 Å². The smallest absolute Gasteiger partial charge is 0.248 e. The topological polar surface area (TPSA) is 145 Å². The molecule has 2 aromatic rings. The van der Waals surface area contributed by atoms with Crippen LogP contribution in [0, 0.1) is 17.5 Å². The minimum atomic E-state index is -2.96. The lowest BCUT2D eigenvalue weighted by Crippen LogP contribution is -2.58. The molecular formula is C25H27ClF5N5O5S. The van der Waals surface area contributed by atoms with Crippen LogP contribution < -0.4 is 5.32 Å². The second-order valence-electron chi connectivity index (χ2n) is 10.4. The van der Waals surface area contributed by atoms with E-state index < -0.39 is 89.0 Å². The Kier molecular flexibility index (Phi) is 8.87. The molecule has 1 unspecified atom stereocenters. The van der Waals surface area contributed by atoms with Crippen LogP contribution >= 0.6 is 23.4 Å². The summed E-state index contributed by atoms with van der Waals surface area (Å²) in [5.41, 5.74) is -4.04. The van der Waals surface area contributed by atoms with E-state index in [0.29, 0.717) is 12.1 Å². The molecule has 2 aliphatic heterocycles. The van der Waals surface area contributed by atoms with Crippen LogP contribution in [0.25, 0.3) is 11.3 Å². The highest BCUT2D eigenvalue weighted by Crippen LogP contribution is 2.47. The fourth-order valence-electron chi connectivity index (χ4n) is 5.27. The summed E-state index contributed by atoms with van der Waals surface area (Å²) < 4.78 is 75.9. The highest BCUT2D eigenvalue weighted by molar-refractivity contribution is 8.01. The van der Waals surface area contributed by atoms with E-state index >= 15 is 0 Å². The molecule has 0 spiro atoms. The number of aliphatic hydroxyl groups is 4. The van der Waals surface area contributed by atoms with Crippen molar-refractivity contribution in [1.29, 1.82) is 0 Å². The minimum absolute atomic E-state index is 0.113. The van der Waals surface area contributed by atoms with Gasteiger partial charge < -0.3 is 30.5 Å². The molecule has 1 saturated heterocycles. The SMILES string of the molecule is OC[C@H]1O[C@@H](S[C@H](C2=NC=CNC2Cl)C2(O)CCC(F)(F)CC2)[C@H](O)[C@@H](n2cc(-c3cc(F)c(F)c(F)c3)nn2)[C@H]1O. The van der Waals surface area contributed by atoms with Crippen LogP contribution in [0.2, 0.25) is 0 Å². The van der Waals surface area contributed by atoms with Crippen LogP contribution in [0.1, 0.15) is 31.7 Å². The van der Waals surface area contributed by atoms with E-state index in [0.717, 1.165) is 22.6 Å². The summed E-state index contributed by atoms with van der Waals surface area (Å²) in [6.45, 7) is -0.706. The van der Waals surface area contributed by atoms with Gasteiger partial charge in [0.15, 0.2) is 17.5 Å². The number of nitrogens with one attached hydrogen (secondary N) is 1. The first kappa shape index (κ1) is 31.1. The quantitative estimate of drug-likeness (QED) is 0.134. The number of hydrogen-bond donors (Lipinski definition) is 5. The van der Waals surface area contributed by atoms with Gasteiger partial charge in [0.2, 0.25) is 5.92 Å². The van der Waals surface area contributed by atoms with Gasteiger partial charge in [-0.3, -0.25) is 4.99 Å². The zero-order chi connectivity index (χ0) is 30.4. The summed E-state index contributed by atoms with van der Waals surface area (Å²) in [6, 6.07) is 0.0652. The van der Waals surface area contributed by atoms with Crippen LogP contribution in [0.4, 0.5) is 22.0 Å². The molecule has 3 aliphatic rings. The maximum Gasteiger partial charge on any atom is 0.248 e. The maximum absolute atomic E-state index is 14.0. The molecule has 1 aromatic heterocycles. The highest BCUT2D eigenvalue weighted by Gasteiger charge is 2.53. The summed E-state index contributed by atoms with van der Waals surface area (Å²) in [5.74, 6) is -7.55. The van der Waals surface area contributed by atoms with Crippen molar-refractivity contribution in [3.05, 3.63) is 48.2 Å². The molecule has 5 N–H and O–H groups in total. The fraction of sp³-hybridized carbons (Fsp3) is 0.560. The van der Waals surface area contributed by atoms with Gasteiger partial charge in [-0.25, -0.2) is 26.6 Å². The zero-order valence-corrected chi connectivity index (χ0v) is 23.2. The molecule has 3 heterocycles. The number of ether oxygens (including phenoxy) is 1. The third kappa shape index (κ3) is 6.02. The summed E-state index contributed by atoms with van der Waals surface area (Å²) in [4.78, 5) is 4.27. The highest BCUT2D eigenvalue weighted by atomic mass is 35.5. The molecule has 0 amide bonds. The third-order valence-corrected chi connectivity index (χ3v) is 9.58. The van der Waals surface area contributed by atoms with Crippen LogP contribution in [0.3, 0.4) is 0 Å². The number of nitrogens with zero attached hydrogens (tertiary/aromatic N) is 4. The largest absolute Gasteiger partial charge is 0.394 e. The van der Waals surface area contributed by atoms with E-state index in [1.165, 1.54) is 12.4 Å². The van der Waals surface area contributed by atoms with Crippen LogP contribution in [0.15, 0.2) is 35.7 Å². The van der Waals surface area contributed by atoms with Crippen molar-refractivity contribution in [1.82, 2.24) is 20.3 Å². The summed E-state index contributed by atoms with van der Waals surface area (Å²) in [5, 5.41) is 53.3. The average Bonchev–Trinajstić information content (AvgIpc) is 3.43. The van der Waals surface area contributed by atoms with E-state index in [1.54, 1.807) is 0 Å². The molecule has 10 nitrogen and oxygen atoms in total. The van der Waals surface area contributed by atoms with Crippen LogP contribution in [-0.4, -0.2) is 93.8 Å². The number of alkyl halides is 3. The molecule has 7 atom stereocenters. The van der Waals surface area contributed by atoms with Gasteiger partial charge in [-0.05, 0) is 25.0 Å². The van der Waals surface area contributed by atoms with E-state index in [9.17, 15) is 42.4 Å². The third-order valence-electron chi connectivity index (χ3n) is 7.62. The van der Waals surface area contributed by atoms with Gasteiger partial charge in [0, 0.05) is 30.8 Å². The average molecular weight is 640 g/mol. The normalized spacial score (nSPS) is 31.3. The Hall–Kier alpha value is -2.34. The Morgan fingerprint density at radius 1 is 1.12 bits per heavy atom. The Morgan fingerprint density at radius 2 is 1.79 bits per heavy atom. The number of aromatic nitrogens is 3. The van der Waals surface area contributed by atoms with Gasteiger partial charge in [0.25, 0.3) is 0 Å². The number of aliphatic imine (C=N–C) groups is 1. The Bertz CT molecular complexity index is 1340. The molecule has 17 heteroatoms. The van der Waals surface area contributed by atoms with Crippen molar-refractivity contribution in [3.63, 3.8) is 0 Å². The standard InChI is InChI=1S/C25H27ClF5N5O5S/c26-22-17(32-5-6-33-22)21(24(40)1-3-25(30,31)4-2-24)42-23-20(39)18(19(38)15(10-37)41-23)36-9-14(34-35-36)11-7-12(27)16(29)13(28)8-11/h5-9,15,18-23,33,37-40H,1-4,10H2/t15-,18+,19+,20-,21-,22?,23+/m1/s1. The number of hydrogen-bond acceptors (Lipinski definition) is 10. The van der Waals surface area contributed by atoms with Gasteiger partial charge in [0.1, 0.15) is 41.0 Å². The first-order valence-electron chi connectivity index (χ1n) is 12.9. The van der Waals surface area contributed by atoms with Crippen LogP contribution in [-0.2, 0) is 4.74 Å². The number of thioether (sulfide) groups is 1. The predicted molar refractivity (Wildman–Crippen MR) is 141 cm³/mol. The summed E-state index contributed by atoms with van der Waals surface area (Å²) >= 11 is 7.25. The van der Waals surface area contributed by atoms with Crippen molar-refractivity contribution < 1.29 is 47.1 Å². The molecule has 42 heavy (non-hydrogen) atoms. The molecule has 1 aromatic carbocycles. The Balaban J connectivity index is 1.46. The van der Waals surface area contributed by atoms with Gasteiger partial charge in [-0.2, -0.15) is 0 Å². The second kappa shape index (κ2) is 12.0. The van der Waals surface area contributed by atoms with Gasteiger partial charge >= 0.3 is 0 Å². The van der Waals surface area contributed by atoms with E-state index in [1.807, 2.05) is 0 Å². The lowest BCUT2D eigenvalue weighted by atomic mass is 9.79. The molecule has 0 radical (unpaired) electrons. The predicted octanol–water partition coefficient (Wildman–Crippen LogP) is 2.47. The molecule has 1 aliphatic carbocycles. The van der Waals surface area contributed by atoms with E-state index in [-0.39, 0.29) is 29.8 Å². The molecular weight excluding hydrogens is 613 g/mol. The lowest BCUT2D eigenvalue weighted by molar-refractivity contribution is -0.179. The molecule has 5 rings (SSSR count). The monoisotopic (exact) mass is 639 g/mol. The molecule has 2 fully saturated rings. The molecule has 1 saturated carbocycles. The number of benzene rings is 1. The van der Waals surface area contributed by atoms with Gasteiger partial charge in [-0.15, -0.1) is 16.9 Å². The van der Waals surface area contributed by atoms with Crippen molar-refractivity contribution >= 4 is 29.1 Å². The first-order valence-corrected chi connectivity index (χ1v) is 14.3. The molecule has 0 bridgehead atoms. The first-order chi connectivity index (χ1) is 19.8. The van der Waals surface area contributed by atoms with E-state index in [4.69, 9.17) is 16.3 Å². The summed E-state index contributed by atoms with van der Waals surface area (Å²) in [6.07, 6.45) is -2.26. The molecule has 230 valence electrons. The number of halogens is 6. The number of rotatable bonds is 7. The van der Waals surface area contributed by atoms with Gasteiger partial charge in [0.05, 0.1) is 29.4 Å². The minimum Gasteiger partial charge on any atom is -0.394 e. The second-order valence-corrected chi connectivity index (χ2v) is 12.1. The van der Waals surface area contributed by atoms with Crippen molar-refractivity contribution in [2.24, 2.45) is 4.99 Å². The maximum atomic E-state index is 14.0. The van der Waals surface area contributed by atoms with E-state index in [2.05, 4.69) is 20.6 Å². The summed E-state index contributed by atoms with van der Waals surface area (Å²) in [7, 11) is 0. The zero-order valence-electron chi connectivity index (χ0n) is 21.6. The van der Waals surface area contributed by atoms with Crippen molar-refractivity contribution in [2.75, 3.05) is 6.61 Å². The van der Waals surface area contributed by atoms with Gasteiger partial charge in [-0.1, -0.05) is 16.8 Å².